The molecule has 0 unspecified atom stereocenters. The SMILES string of the molecule is COc1ccc(/C=C2\C(=O)NN(c3ccc(Cl)cc3)C2=O)c(OC)c1. The molecular weight excluding hydrogens is 344 g/mol. The molecule has 1 N–H and O–H groups in total. The smallest absolute Gasteiger partial charge is 0.282 e. The summed E-state index contributed by atoms with van der Waals surface area (Å²) >= 11 is 5.85. The third-order valence-electron chi connectivity index (χ3n) is 3.72. The van der Waals surface area contributed by atoms with Gasteiger partial charge in [0.2, 0.25) is 0 Å². The Labute approximate surface area is 149 Å². The highest BCUT2D eigenvalue weighted by Crippen LogP contribution is 2.28. The molecule has 25 heavy (non-hydrogen) atoms. The summed E-state index contributed by atoms with van der Waals surface area (Å²) in [5.41, 5.74) is 3.67. The number of halogens is 1. The molecule has 0 bridgehead atoms. The van der Waals surface area contributed by atoms with Gasteiger partial charge in [-0.1, -0.05) is 11.6 Å². The minimum Gasteiger partial charge on any atom is -0.497 e. The van der Waals surface area contributed by atoms with Gasteiger partial charge in [0.05, 0.1) is 19.9 Å². The van der Waals surface area contributed by atoms with Crippen LogP contribution >= 0.6 is 11.6 Å². The first-order valence-corrected chi connectivity index (χ1v) is 7.76. The zero-order valence-corrected chi connectivity index (χ0v) is 14.3. The van der Waals surface area contributed by atoms with Crippen molar-refractivity contribution >= 4 is 35.2 Å². The lowest BCUT2D eigenvalue weighted by Crippen LogP contribution is -2.35. The van der Waals surface area contributed by atoms with Gasteiger partial charge in [-0.05, 0) is 42.5 Å². The Bertz CT molecular complexity index is 862. The molecule has 1 heterocycles. The average Bonchev–Trinajstić information content (AvgIpc) is 2.91. The third kappa shape index (κ3) is 3.29. The number of hydrazine groups is 1. The van der Waals surface area contributed by atoms with Gasteiger partial charge in [-0.25, -0.2) is 5.01 Å². The average molecular weight is 359 g/mol. The van der Waals surface area contributed by atoms with Crippen LogP contribution in [0.5, 0.6) is 11.5 Å². The van der Waals surface area contributed by atoms with Crippen molar-refractivity contribution in [1.82, 2.24) is 5.43 Å². The lowest BCUT2D eigenvalue weighted by Gasteiger charge is -2.14. The van der Waals surface area contributed by atoms with Crippen LogP contribution in [0.1, 0.15) is 5.56 Å². The molecular formula is C18H15ClN2O4. The maximum atomic E-state index is 12.6. The van der Waals surface area contributed by atoms with Crippen molar-refractivity contribution in [3.05, 3.63) is 58.6 Å². The van der Waals surface area contributed by atoms with Crippen molar-refractivity contribution in [3.8, 4) is 11.5 Å². The van der Waals surface area contributed by atoms with Crippen molar-refractivity contribution in [3.63, 3.8) is 0 Å². The van der Waals surface area contributed by atoms with E-state index in [1.165, 1.54) is 18.2 Å². The number of methoxy groups -OCH3 is 2. The molecule has 3 rings (SSSR count). The van der Waals surface area contributed by atoms with Gasteiger partial charge < -0.3 is 9.47 Å². The summed E-state index contributed by atoms with van der Waals surface area (Å²) in [6.07, 6.45) is 1.49. The summed E-state index contributed by atoms with van der Waals surface area (Å²) in [6, 6.07) is 11.7. The van der Waals surface area contributed by atoms with Crippen LogP contribution in [0.2, 0.25) is 5.02 Å². The van der Waals surface area contributed by atoms with Crippen molar-refractivity contribution in [2.45, 2.75) is 0 Å². The largest absolute Gasteiger partial charge is 0.497 e. The van der Waals surface area contributed by atoms with E-state index in [9.17, 15) is 9.59 Å². The van der Waals surface area contributed by atoms with E-state index >= 15 is 0 Å². The number of carbonyl (C=O) groups is 2. The first-order chi connectivity index (χ1) is 12.0. The highest BCUT2D eigenvalue weighted by atomic mass is 35.5. The monoisotopic (exact) mass is 358 g/mol. The Balaban J connectivity index is 1.95. The first-order valence-electron chi connectivity index (χ1n) is 7.38. The molecule has 6 nitrogen and oxygen atoms in total. The number of ether oxygens (including phenoxy) is 2. The fourth-order valence-corrected chi connectivity index (χ4v) is 2.55. The lowest BCUT2D eigenvalue weighted by molar-refractivity contribution is -0.117. The van der Waals surface area contributed by atoms with E-state index in [1.54, 1.807) is 49.6 Å². The standard InChI is InChI=1S/C18H15ClN2O4/c1-24-14-8-3-11(16(10-14)25-2)9-15-17(22)20-21(18(15)23)13-6-4-12(19)5-7-13/h3-10H,1-2H3,(H,20,22)/b15-9+. The molecule has 1 aliphatic heterocycles. The fraction of sp³-hybridized carbons (Fsp3) is 0.111. The van der Waals surface area contributed by atoms with Crippen molar-refractivity contribution < 1.29 is 19.1 Å². The molecule has 0 saturated carbocycles. The second kappa shape index (κ2) is 6.86. The van der Waals surface area contributed by atoms with E-state index in [2.05, 4.69) is 5.43 Å². The van der Waals surface area contributed by atoms with Gasteiger partial charge in [0.15, 0.2) is 0 Å². The first kappa shape index (κ1) is 16.9. The number of amides is 2. The quantitative estimate of drug-likeness (QED) is 0.674. The Kier molecular flexibility index (Phi) is 4.63. The van der Waals surface area contributed by atoms with Gasteiger partial charge in [-0.15, -0.1) is 0 Å². The van der Waals surface area contributed by atoms with E-state index in [4.69, 9.17) is 21.1 Å². The van der Waals surface area contributed by atoms with Gasteiger partial charge in [0, 0.05) is 16.7 Å². The van der Waals surface area contributed by atoms with Crippen LogP contribution in [0.25, 0.3) is 6.08 Å². The summed E-state index contributed by atoms with van der Waals surface area (Å²) in [7, 11) is 3.05. The highest BCUT2D eigenvalue weighted by Gasteiger charge is 2.34. The normalized spacial score (nSPS) is 15.5. The Morgan fingerprint density at radius 1 is 1.04 bits per heavy atom. The zero-order valence-electron chi connectivity index (χ0n) is 13.6. The molecule has 0 radical (unpaired) electrons. The molecule has 0 aromatic heterocycles. The van der Waals surface area contributed by atoms with Crippen molar-refractivity contribution in [2.75, 3.05) is 19.2 Å². The number of carbonyl (C=O) groups excluding carboxylic acids is 2. The van der Waals surface area contributed by atoms with Crippen molar-refractivity contribution in [2.24, 2.45) is 0 Å². The molecule has 1 aliphatic rings. The molecule has 1 saturated heterocycles. The van der Waals surface area contributed by atoms with Crippen LogP contribution < -0.4 is 19.9 Å². The number of rotatable bonds is 4. The number of hydrogen-bond donors (Lipinski definition) is 1. The van der Waals surface area contributed by atoms with Gasteiger partial charge in [-0.2, -0.15) is 0 Å². The van der Waals surface area contributed by atoms with Crippen LogP contribution in [-0.4, -0.2) is 26.0 Å². The second-order valence-electron chi connectivity index (χ2n) is 5.22. The molecule has 1 fully saturated rings. The number of hydrogen-bond acceptors (Lipinski definition) is 4. The van der Waals surface area contributed by atoms with Gasteiger partial charge in [-0.3, -0.25) is 15.0 Å². The summed E-state index contributed by atoms with van der Waals surface area (Å²) in [5.74, 6) is 0.171. The highest BCUT2D eigenvalue weighted by molar-refractivity contribution is 6.32. The minimum atomic E-state index is -0.488. The number of anilines is 1. The number of nitrogens with zero attached hydrogens (tertiary/aromatic N) is 1. The van der Waals surface area contributed by atoms with Crippen LogP contribution in [0, 0.1) is 0 Å². The second-order valence-corrected chi connectivity index (χ2v) is 5.66. The van der Waals surface area contributed by atoms with Gasteiger partial charge in [0.25, 0.3) is 11.8 Å². The van der Waals surface area contributed by atoms with Crippen LogP contribution in [0.3, 0.4) is 0 Å². The molecule has 0 aliphatic carbocycles. The molecule has 2 amide bonds. The summed E-state index contributed by atoms with van der Waals surface area (Å²) in [4.78, 5) is 24.8. The molecule has 0 spiro atoms. The van der Waals surface area contributed by atoms with E-state index in [1.807, 2.05) is 0 Å². The summed E-state index contributed by atoms with van der Waals surface area (Å²) in [5, 5.41) is 1.72. The van der Waals surface area contributed by atoms with Crippen molar-refractivity contribution in [1.29, 1.82) is 0 Å². The fourth-order valence-electron chi connectivity index (χ4n) is 2.42. The predicted octanol–water partition coefficient (Wildman–Crippen LogP) is 2.82. The number of benzene rings is 2. The van der Waals surface area contributed by atoms with Gasteiger partial charge >= 0.3 is 0 Å². The Morgan fingerprint density at radius 2 is 1.76 bits per heavy atom. The van der Waals surface area contributed by atoms with Gasteiger partial charge in [0.1, 0.15) is 17.1 Å². The maximum absolute atomic E-state index is 12.6. The molecule has 2 aromatic rings. The van der Waals surface area contributed by atoms with E-state index in [-0.39, 0.29) is 5.57 Å². The molecule has 2 aromatic carbocycles. The Morgan fingerprint density at radius 3 is 2.40 bits per heavy atom. The Hall–Kier alpha value is -2.99. The summed E-state index contributed by atoms with van der Waals surface area (Å²) < 4.78 is 10.4. The van der Waals surface area contributed by atoms with E-state index in [0.717, 1.165) is 0 Å². The zero-order chi connectivity index (χ0) is 18.0. The third-order valence-corrected chi connectivity index (χ3v) is 3.97. The lowest BCUT2D eigenvalue weighted by atomic mass is 10.1. The van der Waals surface area contributed by atoms with Crippen LogP contribution in [-0.2, 0) is 9.59 Å². The maximum Gasteiger partial charge on any atom is 0.282 e. The molecule has 0 atom stereocenters. The van der Waals surface area contributed by atoms with Crippen LogP contribution in [0.15, 0.2) is 48.0 Å². The minimum absolute atomic E-state index is 0.0124. The molecule has 128 valence electrons. The molecule has 7 heteroatoms. The topological polar surface area (TPSA) is 67.9 Å². The number of nitrogens with one attached hydrogen (secondary N) is 1. The summed E-state index contributed by atoms with van der Waals surface area (Å²) in [6.45, 7) is 0. The predicted molar refractivity (Wildman–Crippen MR) is 94.6 cm³/mol. The van der Waals surface area contributed by atoms with E-state index in [0.29, 0.717) is 27.8 Å². The van der Waals surface area contributed by atoms with Crippen LogP contribution in [0.4, 0.5) is 5.69 Å². The van der Waals surface area contributed by atoms with E-state index < -0.39 is 11.8 Å².